The number of halogens is 2. The van der Waals surface area contributed by atoms with Crippen molar-refractivity contribution in [2.24, 2.45) is 0 Å². The molecule has 0 saturated heterocycles. The Morgan fingerprint density at radius 2 is 1.78 bits per heavy atom. The van der Waals surface area contributed by atoms with Crippen molar-refractivity contribution in [3.63, 3.8) is 0 Å². The lowest BCUT2D eigenvalue weighted by molar-refractivity contribution is -0.112. The van der Waals surface area contributed by atoms with Gasteiger partial charge in [-0.25, -0.2) is 4.79 Å². The molecule has 6 nitrogen and oxygen atoms in total. The maximum atomic E-state index is 12.4. The lowest BCUT2D eigenvalue weighted by Gasteiger charge is -2.09. The molecule has 3 aromatic carbocycles. The minimum Gasteiger partial charge on any atom is -0.488 e. The van der Waals surface area contributed by atoms with Crippen LogP contribution in [0.1, 0.15) is 21.5 Å². The number of rotatable bonds is 7. The molecule has 32 heavy (non-hydrogen) atoms. The van der Waals surface area contributed by atoms with Crippen molar-refractivity contribution in [2.75, 3.05) is 5.32 Å². The standard InChI is InChI=1S/C24H16BrClN2O4/c25-21-12-16(3-10-22(21)32-14-15-1-6-19(26)7-2-15)11-18(13-27)23(29)28-20-8-4-17(5-9-20)24(30)31/h1-12H,14H2,(H,28,29)(H,30,31)/b18-11+. The molecule has 0 spiro atoms. The van der Waals surface area contributed by atoms with Crippen LogP contribution in [0.25, 0.3) is 6.08 Å². The third-order valence-electron chi connectivity index (χ3n) is 4.33. The Labute approximate surface area is 197 Å². The monoisotopic (exact) mass is 510 g/mol. The predicted octanol–water partition coefficient (Wildman–Crippen LogP) is 5.93. The number of aromatic carboxylic acids is 1. The second kappa shape index (κ2) is 10.6. The van der Waals surface area contributed by atoms with Gasteiger partial charge >= 0.3 is 5.97 Å². The van der Waals surface area contributed by atoms with Gasteiger partial charge in [0, 0.05) is 10.7 Å². The number of nitrogens with zero attached hydrogens (tertiary/aromatic N) is 1. The zero-order valence-corrected chi connectivity index (χ0v) is 18.9. The largest absolute Gasteiger partial charge is 0.488 e. The average Bonchev–Trinajstić information content (AvgIpc) is 2.78. The maximum absolute atomic E-state index is 12.4. The average molecular weight is 512 g/mol. The van der Waals surface area contributed by atoms with Gasteiger partial charge in [-0.2, -0.15) is 5.26 Å². The van der Waals surface area contributed by atoms with E-state index in [9.17, 15) is 14.9 Å². The van der Waals surface area contributed by atoms with E-state index in [4.69, 9.17) is 21.4 Å². The number of carboxylic acids is 1. The molecule has 3 rings (SSSR count). The normalized spacial score (nSPS) is 10.8. The van der Waals surface area contributed by atoms with E-state index in [0.717, 1.165) is 5.56 Å². The summed E-state index contributed by atoms with van der Waals surface area (Å²) in [7, 11) is 0. The summed E-state index contributed by atoms with van der Waals surface area (Å²) in [6, 6.07) is 20.1. The molecule has 1 amide bonds. The molecular weight excluding hydrogens is 496 g/mol. The third-order valence-corrected chi connectivity index (χ3v) is 5.20. The number of nitriles is 1. The number of amides is 1. The molecule has 0 unspecified atom stereocenters. The molecule has 0 aromatic heterocycles. The first-order valence-corrected chi connectivity index (χ1v) is 10.5. The Morgan fingerprint density at radius 3 is 2.38 bits per heavy atom. The first-order chi connectivity index (χ1) is 15.4. The molecule has 0 heterocycles. The lowest BCUT2D eigenvalue weighted by atomic mass is 10.1. The van der Waals surface area contributed by atoms with Crippen molar-refractivity contribution in [3.8, 4) is 11.8 Å². The number of carboxylic acid groups (broad SMARTS) is 1. The molecular formula is C24H16BrClN2O4. The summed E-state index contributed by atoms with van der Waals surface area (Å²) in [4.78, 5) is 23.3. The Hall–Kier alpha value is -3.60. The van der Waals surface area contributed by atoms with E-state index in [0.29, 0.717) is 33.1 Å². The van der Waals surface area contributed by atoms with Crippen LogP contribution in [-0.2, 0) is 11.4 Å². The van der Waals surface area contributed by atoms with E-state index >= 15 is 0 Å². The van der Waals surface area contributed by atoms with Crippen molar-refractivity contribution >= 4 is 51.2 Å². The van der Waals surface area contributed by atoms with Gasteiger partial charge in [0.2, 0.25) is 0 Å². The van der Waals surface area contributed by atoms with Crippen LogP contribution in [0.2, 0.25) is 5.02 Å². The summed E-state index contributed by atoms with van der Waals surface area (Å²) >= 11 is 9.33. The number of ether oxygens (including phenoxy) is 1. The fourth-order valence-corrected chi connectivity index (χ4v) is 3.31. The van der Waals surface area contributed by atoms with Crippen LogP contribution in [0, 0.1) is 11.3 Å². The highest BCUT2D eigenvalue weighted by Gasteiger charge is 2.11. The van der Waals surface area contributed by atoms with Gasteiger partial charge in [0.1, 0.15) is 24.0 Å². The minimum atomic E-state index is -1.06. The van der Waals surface area contributed by atoms with Gasteiger partial charge in [0.25, 0.3) is 5.91 Å². The van der Waals surface area contributed by atoms with E-state index in [1.165, 1.54) is 30.3 Å². The predicted molar refractivity (Wildman–Crippen MR) is 126 cm³/mol. The highest BCUT2D eigenvalue weighted by molar-refractivity contribution is 9.10. The Balaban J connectivity index is 1.68. The lowest BCUT2D eigenvalue weighted by Crippen LogP contribution is -2.13. The Morgan fingerprint density at radius 1 is 1.09 bits per heavy atom. The summed E-state index contributed by atoms with van der Waals surface area (Å²) in [5.74, 6) is -1.06. The minimum absolute atomic E-state index is 0.0993. The van der Waals surface area contributed by atoms with Crippen LogP contribution in [0.5, 0.6) is 5.75 Å². The van der Waals surface area contributed by atoms with Crippen LogP contribution in [0.4, 0.5) is 5.69 Å². The first-order valence-electron chi connectivity index (χ1n) is 9.29. The number of nitrogens with one attached hydrogen (secondary N) is 1. The SMILES string of the molecule is N#C/C(=C\c1ccc(OCc2ccc(Cl)cc2)c(Br)c1)C(=O)Nc1ccc(C(=O)O)cc1. The molecule has 0 atom stereocenters. The van der Waals surface area contributed by atoms with E-state index in [1.54, 1.807) is 30.3 Å². The zero-order chi connectivity index (χ0) is 23.1. The number of carbonyl (C=O) groups is 2. The fraction of sp³-hybridized carbons (Fsp3) is 0.0417. The Bertz CT molecular complexity index is 1220. The van der Waals surface area contributed by atoms with Crippen molar-refractivity contribution in [2.45, 2.75) is 6.61 Å². The smallest absolute Gasteiger partial charge is 0.335 e. The van der Waals surface area contributed by atoms with Crippen LogP contribution in [0.3, 0.4) is 0 Å². The molecule has 3 aromatic rings. The number of hydrogen-bond acceptors (Lipinski definition) is 4. The zero-order valence-electron chi connectivity index (χ0n) is 16.5. The quantitative estimate of drug-likeness (QED) is 0.303. The number of anilines is 1. The van der Waals surface area contributed by atoms with Gasteiger partial charge < -0.3 is 15.2 Å². The van der Waals surface area contributed by atoms with Crippen molar-refractivity contribution in [1.82, 2.24) is 0 Å². The number of carbonyl (C=O) groups excluding carboxylic acids is 1. The Kier molecular flexibility index (Phi) is 7.66. The highest BCUT2D eigenvalue weighted by Crippen LogP contribution is 2.28. The molecule has 160 valence electrons. The highest BCUT2D eigenvalue weighted by atomic mass is 79.9. The van der Waals surface area contributed by atoms with Crippen LogP contribution in [0.15, 0.2) is 76.8 Å². The topological polar surface area (TPSA) is 99.4 Å². The van der Waals surface area contributed by atoms with Gasteiger partial charge in [-0.15, -0.1) is 0 Å². The van der Waals surface area contributed by atoms with Crippen LogP contribution in [-0.4, -0.2) is 17.0 Å². The fourth-order valence-electron chi connectivity index (χ4n) is 2.68. The van der Waals surface area contributed by atoms with Crippen molar-refractivity contribution < 1.29 is 19.4 Å². The summed E-state index contributed by atoms with van der Waals surface area (Å²) < 4.78 is 6.47. The third kappa shape index (κ3) is 6.20. The molecule has 0 fully saturated rings. The summed E-state index contributed by atoms with van der Waals surface area (Å²) in [6.45, 7) is 0.359. The van der Waals surface area contributed by atoms with Gasteiger partial charge in [0.15, 0.2) is 0 Å². The second-order valence-electron chi connectivity index (χ2n) is 6.61. The molecule has 0 bridgehead atoms. The van der Waals surface area contributed by atoms with Gasteiger partial charge in [-0.05, 0) is 81.7 Å². The summed E-state index contributed by atoms with van der Waals surface area (Å²) in [6.07, 6.45) is 1.45. The van der Waals surface area contributed by atoms with Gasteiger partial charge in [0.05, 0.1) is 10.0 Å². The summed E-state index contributed by atoms with van der Waals surface area (Å²) in [5.41, 5.74) is 1.97. The van der Waals surface area contributed by atoms with Gasteiger partial charge in [-0.1, -0.05) is 29.8 Å². The molecule has 0 aliphatic carbocycles. The maximum Gasteiger partial charge on any atom is 0.335 e. The van der Waals surface area contributed by atoms with E-state index < -0.39 is 11.9 Å². The number of benzene rings is 3. The van der Waals surface area contributed by atoms with E-state index in [2.05, 4.69) is 21.2 Å². The van der Waals surface area contributed by atoms with Crippen LogP contribution < -0.4 is 10.1 Å². The van der Waals surface area contributed by atoms with Crippen molar-refractivity contribution in [3.05, 3.63) is 98.5 Å². The first kappa shape index (κ1) is 23.1. The molecule has 0 saturated carbocycles. The molecule has 0 radical (unpaired) electrons. The van der Waals surface area contributed by atoms with E-state index in [-0.39, 0.29) is 11.1 Å². The number of hydrogen-bond donors (Lipinski definition) is 2. The molecule has 0 aliphatic heterocycles. The molecule has 0 aliphatic rings. The van der Waals surface area contributed by atoms with Gasteiger partial charge in [-0.3, -0.25) is 4.79 Å². The van der Waals surface area contributed by atoms with Crippen molar-refractivity contribution in [1.29, 1.82) is 5.26 Å². The van der Waals surface area contributed by atoms with E-state index in [1.807, 2.05) is 18.2 Å². The molecule has 8 heteroatoms. The molecule has 2 N–H and O–H groups in total. The summed E-state index contributed by atoms with van der Waals surface area (Å²) in [5, 5.41) is 21.6. The second-order valence-corrected chi connectivity index (χ2v) is 7.90. The van der Waals surface area contributed by atoms with Crippen LogP contribution >= 0.6 is 27.5 Å².